The van der Waals surface area contributed by atoms with Gasteiger partial charge in [-0.15, -0.1) is 0 Å². The zero-order valence-electron chi connectivity index (χ0n) is 12.6. The number of anilines is 1. The van der Waals surface area contributed by atoms with Crippen LogP contribution < -0.4 is 5.32 Å². The molecule has 0 saturated heterocycles. The molecule has 2 aliphatic rings. The summed E-state index contributed by atoms with van der Waals surface area (Å²) in [6.07, 6.45) is 5.05. The predicted molar refractivity (Wildman–Crippen MR) is 89.6 cm³/mol. The van der Waals surface area contributed by atoms with Crippen LogP contribution in [-0.4, -0.2) is 30.6 Å². The van der Waals surface area contributed by atoms with Crippen LogP contribution in [0.25, 0.3) is 0 Å². The van der Waals surface area contributed by atoms with Crippen molar-refractivity contribution in [2.75, 3.05) is 25.0 Å². The lowest BCUT2D eigenvalue weighted by molar-refractivity contribution is 0.172. The summed E-state index contributed by atoms with van der Waals surface area (Å²) in [6.45, 7) is 8.20. The van der Waals surface area contributed by atoms with E-state index in [2.05, 4.69) is 52.1 Å². The maximum Gasteiger partial charge on any atom is 0.0380 e. The van der Waals surface area contributed by atoms with Crippen LogP contribution in [0.5, 0.6) is 0 Å². The Morgan fingerprint density at radius 2 is 2.00 bits per heavy atom. The Hall–Kier alpha value is -0.540. The molecule has 0 radical (unpaired) electrons. The zero-order chi connectivity index (χ0) is 14.1. The largest absolute Gasteiger partial charge is 0.384 e. The summed E-state index contributed by atoms with van der Waals surface area (Å²) in [5, 5.41) is 3.59. The van der Waals surface area contributed by atoms with Crippen molar-refractivity contribution >= 4 is 21.6 Å². The van der Waals surface area contributed by atoms with Gasteiger partial charge in [0.05, 0.1) is 0 Å². The second-order valence-electron chi connectivity index (χ2n) is 6.19. The molecule has 2 atom stereocenters. The highest BCUT2D eigenvalue weighted by molar-refractivity contribution is 9.10. The molecule has 0 fully saturated rings. The van der Waals surface area contributed by atoms with Crippen LogP contribution in [0.15, 0.2) is 16.6 Å². The van der Waals surface area contributed by atoms with Crippen molar-refractivity contribution in [1.29, 1.82) is 0 Å². The molecule has 0 bridgehead atoms. The van der Waals surface area contributed by atoms with Gasteiger partial charge in [0.2, 0.25) is 0 Å². The first kappa shape index (κ1) is 14.4. The molecule has 1 aromatic rings. The Labute approximate surface area is 131 Å². The van der Waals surface area contributed by atoms with Crippen LogP contribution in [0.1, 0.15) is 50.2 Å². The Morgan fingerprint density at radius 3 is 2.70 bits per heavy atom. The molecule has 0 aromatic heterocycles. The second-order valence-corrected chi connectivity index (χ2v) is 7.05. The van der Waals surface area contributed by atoms with Crippen molar-refractivity contribution in [1.82, 2.24) is 4.90 Å². The summed E-state index contributed by atoms with van der Waals surface area (Å²) in [7, 11) is 0. The van der Waals surface area contributed by atoms with Crippen LogP contribution in [0.3, 0.4) is 0 Å². The summed E-state index contributed by atoms with van der Waals surface area (Å²) in [5.74, 6) is 0.715. The molecule has 1 N–H and O–H groups in total. The molecule has 1 aromatic carbocycles. The fourth-order valence-electron chi connectivity index (χ4n) is 3.98. The minimum absolute atomic E-state index is 0.715. The van der Waals surface area contributed by atoms with Gasteiger partial charge in [0.15, 0.2) is 0 Å². The monoisotopic (exact) mass is 336 g/mol. The Balaban J connectivity index is 1.88. The molecule has 20 heavy (non-hydrogen) atoms. The highest BCUT2D eigenvalue weighted by atomic mass is 79.9. The van der Waals surface area contributed by atoms with E-state index in [-0.39, 0.29) is 0 Å². The lowest BCUT2D eigenvalue weighted by atomic mass is 9.80. The predicted octanol–water partition coefficient (Wildman–Crippen LogP) is 4.40. The lowest BCUT2D eigenvalue weighted by Crippen LogP contribution is -2.41. The smallest absolute Gasteiger partial charge is 0.0380 e. The normalized spacial score (nSPS) is 23.8. The number of benzene rings is 1. The number of halogens is 1. The van der Waals surface area contributed by atoms with E-state index in [0.717, 1.165) is 12.6 Å². The van der Waals surface area contributed by atoms with Gasteiger partial charge in [0.25, 0.3) is 0 Å². The fourth-order valence-corrected chi connectivity index (χ4v) is 4.49. The summed E-state index contributed by atoms with van der Waals surface area (Å²) in [4.78, 5) is 2.72. The summed E-state index contributed by atoms with van der Waals surface area (Å²) in [6, 6.07) is 5.17. The van der Waals surface area contributed by atoms with Crippen LogP contribution in [0.2, 0.25) is 0 Å². The van der Waals surface area contributed by atoms with E-state index in [1.54, 1.807) is 11.1 Å². The van der Waals surface area contributed by atoms with Gasteiger partial charge in [-0.05, 0) is 62.0 Å². The molecule has 1 aliphatic heterocycles. The highest BCUT2D eigenvalue weighted by Gasteiger charge is 2.35. The van der Waals surface area contributed by atoms with Crippen molar-refractivity contribution in [3.63, 3.8) is 0 Å². The fraction of sp³-hybridized carbons (Fsp3) is 0.647. The number of nitrogens with one attached hydrogen (secondary N) is 1. The minimum atomic E-state index is 0.715. The van der Waals surface area contributed by atoms with Gasteiger partial charge >= 0.3 is 0 Å². The highest BCUT2D eigenvalue weighted by Crippen LogP contribution is 2.45. The quantitative estimate of drug-likeness (QED) is 0.857. The van der Waals surface area contributed by atoms with Gasteiger partial charge < -0.3 is 10.2 Å². The molecule has 1 heterocycles. The van der Waals surface area contributed by atoms with Crippen LogP contribution >= 0.6 is 15.9 Å². The van der Waals surface area contributed by atoms with Crippen molar-refractivity contribution in [3.8, 4) is 0 Å². The van der Waals surface area contributed by atoms with Gasteiger partial charge in [-0.2, -0.15) is 0 Å². The van der Waals surface area contributed by atoms with Crippen molar-refractivity contribution in [3.05, 3.63) is 27.7 Å². The lowest BCUT2D eigenvalue weighted by Gasteiger charge is -2.37. The SMILES string of the molecule is CCCN(CCC)C1Cc2c(Br)ccc3c2C(CN3)C1. The van der Waals surface area contributed by atoms with Gasteiger partial charge in [-0.25, -0.2) is 0 Å². The van der Waals surface area contributed by atoms with E-state index in [1.165, 1.54) is 48.9 Å². The number of hydrogen-bond donors (Lipinski definition) is 1. The van der Waals surface area contributed by atoms with Gasteiger partial charge in [-0.1, -0.05) is 29.8 Å². The first-order valence-corrected chi connectivity index (χ1v) is 8.83. The molecule has 0 amide bonds. The van der Waals surface area contributed by atoms with E-state index < -0.39 is 0 Å². The number of rotatable bonds is 5. The average Bonchev–Trinajstić information content (AvgIpc) is 2.86. The molecule has 2 unspecified atom stereocenters. The van der Waals surface area contributed by atoms with Crippen LogP contribution in [0.4, 0.5) is 5.69 Å². The topological polar surface area (TPSA) is 15.3 Å². The first-order valence-electron chi connectivity index (χ1n) is 8.03. The number of nitrogens with zero attached hydrogens (tertiary/aromatic N) is 1. The first-order chi connectivity index (χ1) is 9.74. The molecule has 110 valence electrons. The maximum absolute atomic E-state index is 3.78. The maximum atomic E-state index is 3.78. The molecular weight excluding hydrogens is 312 g/mol. The van der Waals surface area contributed by atoms with E-state index in [4.69, 9.17) is 0 Å². The standard InChI is InChI=1S/C17H25BrN2/c1-3-7-20(8-4-2)13-9-12-11-19-16-6-5-15(18)14(10-13)17(12)16/h5-6,12-13,19H,3-4,7-11H2,1-2H3. The third kappa shape index (κ3) is 2.50. The number of hydrogen-bond acceptors (Lipinski definition) is 2. The van der Waals surface area contributed by atoms with E-state index in [9.17, 15) is 0 Å². The zero-order valence-corrected chi connectivity index (χ0v) is 14.2. The van der Waals surface area contributed by atoms with Gasteiger partial charge in [-0.3, -0.25) is 0 Å². The molecule has 3 heteroatoms. The van der Waals surface area contributed by atoms with Gasteiger partial charge in [0.1, 0.15) is 0 Å². The molecule has 3 rings (SSSR count). The molecular formula is C17H25BrN2. The Morgan fingerprint density at radius 1 is 1.25 bits per heavy atom. The van der Waals surface area contributed by atoms with Crippen molar-refractivity contribution in [2.24, 2.45) is 0 Å². The molecule has 0 saturated carbocycles. The van der Waals surface area contributed by atoms with Crippen molar-refractivity contribution in [2.45, 2.75) is 51.5 Å². The van der Waals surface area contributed by atoms with Crippen LogP contribution in [0, 0.1) is 0 Å². The average molecular weight is 337 g/mol. The Bertz CT molecular complexity index is 480. The molecule has 0 spiro atoms. The summed E-state index contributed by atoms with van der Waals surface area (Å²) in [5.41, 5.74) is 4.54. The molecule has 1 aliphatic carbocycles. The second kappa shape index (κ2) is 6.07. The van der Waals surface area contributed by atoms with Crippen LogP contribution in [-0.2, 0) is 6.42 Å². The third-order valence-corrected chi connectivity index (χ3v) is 5.52. The van der Waals surface area contributed by atoms with Gasteiger partial charge in [0, 0.05) is 28.7 Å². The van der Waals surface area contributed by atoms with E-state index >= 15 is 0 Å². The van der Waals surface area contributed by atoms with E-state index in [1.807, 2.05) is 0 Å². The van der Waals surface area contributed by atoms with E-state index in [0.29, 0.717) is 5.92 Å². The Kier molecular flexibility index (Phi) is 4.37. The third-order valence-electron chi connectivity index (χ3n) is 4.78. The summed E-state index contributed by atoms with van der Waals surface area (Å²) >= 11 is 3.78. The van der Waals surface area contributed by atoms with Crippen molar-refractivity contribution < 1.29 is 0 Å². The summed E-state index contributed by atoms with van der Waals surface area (Å²) < 4.78 is 1.31. The minimum Gasteiger partial charge on any atom is -0.384 e. The molecule has 2 nitrogen and oxygen atoms in total.